The zero-order valence-electron chi connectivity index (χ0n) is 20.5. The second kappa shape index (κ2) is 13.0. The number of benzene rings is 2. The molecule has 8 heteroatoms. The van der Waals surface area contributed by atoms with E-state index in [1.165, 1.54) is 0 Å². The summed E-state index contributed by atoms with van der Waals surface area (Å²) in [6.07, 6.45) is 3.42. The molecule has 35 heavy (non-hydrogen) atoms. The van der Waals surface area contributed by atoms with Gasteiger partial charge in [0.05, 0.1) is 0 Å². The molecule has 3 rings (SSSR count). The van der Waals surface area contributed by atoms with Gasteiger partial charge in [-0.15, -0.1) is 0 Å². The van der Waals surface area contributed by atoms with Crippen LogP contribution >= 0.6 is 0 Å². The molecule has 0 saturated carbocycles. The van der Waals surface area contributed by atoms with Crippen molar-refractivity contribution in [1.29, 1.82) is 0 Å². The number of hydrogen-bond acceptors (Lipinski definition) is 5. The highest BCUT2D eigenvalue weighted by molar-refractivity contribution is 6.04. The molecule has 1 atom stereocenters. The highest BCUT2D eigenvalue weighted by Crippen LogP contribution is 2.48. The molecule has 1 aliphatic carbocycles. The minimum atomic E-state index is -0.122. The third-order valence-electron chi connectivity index (χ3n) is 6.28. The van der Waals surface area contributed by atoms with E-state index in [9.17, 15) is 14.4 Å². The molecule has 0 saturated heterocycles. The maximum absolute atomic E-state index is 12.9. The highest BCUT2D eigenvalue weighted by atomic mass is 16.2. The fraction of sp³-hybridized carbons (Fsp3) is 0.444. The standard InChI is InChI=1S/C27H37N5O3/c1-2-19-20-7-3-8-22(27(35)31-16-6-14-29)26(20)21-12-11-18(17-23(19)21)32-25(34)10-4-9-24(33)30-15-5-13-28/h3,7-8,11-12,17,19H,2,4-6,9-10,13-16,28-29H2,1H3,(H,30,33)(H,31,35)(H,32,34). The highest BCUT2D eigenvalue weighted by Gasteiger charge is 2.31. The molecule has 2 aromatic rings. The fourth-order valence-corrected chi connectivity index (χ4v) is 4.56. The maximum Gasteiger partial charge on any atom is 0.251 e. The van der Waals surface area contributed by atoms with E-state index in [0.29, 0.717) is 44.6 Å². The van der Waals surface area contributed by atoms with Crippen molar-refractivity contribution in [2.75, 3.05) is 31.5 Å². The summed E-state index contributed by atoms with van der Waals surface area (Å²) in [5, 5.41) is 8.72. The van der Waals surface area contributed by atoms with Gasteiger partial charge in [0.15, 0.2) is 0 Å². The molecule has 1 unspecified atom stereocenters. The summed E-state index contributed by atoms with van der Waals surface area (Å²) in [6, 6.07) is 11.7. The van der Waals surface area contributed by atoms with Gasteiger partial charge in [0.25, 0.3) is 5.91 Å². The summed E-state index contributed by atoms with van der Waals surface area (Å²) < 4.78 is 0. The van der Waals surface area contributed by atoms with Crippen LogP contribution in [0.3, 0.4) is 0 Å². The topological polar surface area (TPSA) is 139 Å². The number of carbonyl (C=O) groups is 3. The molecule has 0 spiro atoms. The van der Waals surface area contributed by atoms with Crippen LogP contribution in [0.15, 0.2) is 36.4 Å². The Morgan fingerprint density at radius 3 is 2.29 bits per heavy atom. The second-order valence-electron chi connectivity index (χ2n) is 8.82. The summed E-state index contributed by atoms with van der Waals surface area (Å²) >= 11 is 0. The first-order valence-electron chi connectivity index (χ1n) is 12.5. The van der Waals surface area contributed by atoms with E-state index < -0.39 is 0 Å². The Morgan fingerprint density at radius 1 is 0.857 bits per heavy atom. The molecule has 0 aromatic heterocycles. The molecule has 0 radical (unpaired) electrons. The van der Waals surface area contributed by atoms with Crippen LogP contribution in [0.1, 0.15) is 72.9 Å². The van der Waals surface area contributed by atoms with Crippen molar-refractivity contribution in [3.05, 3.63) is 53.1 Å². The van der Waals surface area contributed by atoms with Gasteiger partial charge < -0.3 is 27.4 Å². The van der Waals surface area contributed by atoms with E-state index in [-0.39, 0.29) is 30.1 Å². The van der Waals surface area contributed by atoms with E-state index in [2.05, 4.69) is 28.9 Å². The van der Waals surface area contributed by atoms with E-state index >= 15 is 0 Å². The largest absolute Gasteiger partial charge is 0.356 e. The summed E-state index contributed by atoms with van der Waals surface area (Å²) in [7, 11) is 0. The number of carbonyl (C=O) groups excluding carboxylic acids is 3. The predicted molar refractivity (Wildman–Crippen MR) is 139 cm³/mol. The molecule has 0 heterocycles. The van der Waals surface area contributed by atoms with Crippen LogP contribution in [-0.4, -0.2) is 43.9 Å². The predicted octanol–water partition coefficient (Wildman–Crippen LogP) is 2.86. The molecule has 0 bridgehead atoms. The number of rotatable bonds is 13. The van der Waals surface area contributed by atoms with E-state index in [0.717, 1.165) is 47.2 Å². The van der Waals surface area contributed by atoms with Gasteiger partial charge in [-0.25, -0.2) is 0 Å². The zero-order valence-corrected chi connectivity index (χ0v) is 20.5. The van der Waals surface area contributed by atoms with Crippen molar-refractivity contribution < 1.29 is 14.4 Å². The van der Waals surface area contributed by atoms with Gasteiger partial charge in [-0.2, -0.15) is 0 Å². The van der Waals surface area contributed by atoms with Gasteiger partial charge >= 0.3 is 0 Å². The Kier molecular flexibility index (Phi) is 9.81. The number of nitrogens with one attached hydrogen (secondary N) is 3. The smallest absolute Gasteiger partial charge is 0.251 e. The SMILES string of the molecule is CCC1c2cc(NC(=O)CCCC(=O)NCCCN)ccc2-c2c(C(=O)NCCCN)cccc21. The minimum absolute atomic E-state index is 0.0600. The molecule has 1 aliphatic rings. The quantitative estimate of drug-likeness (QED) is 0.281. The molecular weight excluding hydrogens is 442 g/mol. The van der Waals surface area contributed by atoms with Crippen LogP contribution < -0.4 is 27.4 Å². The summed E-state index contributed by atoms with van der Waals surface area (Å²) in [5.41, 5.74) is 16.6. The maximum atomic E-state index is 12.9. The number of hydrogen-bond donors (Lipinski definition) is 5. The van der Waals surface area contributed by atoms with E-state index in [4.69, 9.17) is 11.5 Å². The Labute approximate surface area is 207 Å². The first kappa shape index (κ1) is 26.4. The Hall–Kier alpha value is -3.23. The van der Waals surface area contributed by atoms with Crippen molar-refractivity contribution in [3.63, 3.8) is 0 Å². The van der Waals surface area contributed by atoms with Crippen LogP contribution in [0.25, 0.3) is 11.1 Å². The summed E-state index contributed by atoms with van der Waals surface area (Å²) in [6.45, 7) is 4.31. The number of anilines is 1. The summed E-state index contributed by atoms with van der Waals surface area (Å²) in [4.78, 5) is 37.1. The molecule has 8 nitrogen and oxygen atoms in total. The zero-order chi connectivity index (χ0) is 25.2. The Bertz CT molecular complexity index is 1050. The van der Waals surface area contributed by atoms with Gasteiger partial charge in [-0.05, 0) is 79.2 Å². The molecular formula is C27H37N5O3. The first-order valence-corrected chi connectivity index (χ1v) is 12.5. The van der Waals surface area contributed by atoms with Gasteiger partial charge in [-0.1, -0.05) is 25.1 Å². The van der Waals surface area contributed by atoms with Gasteiger partial charge in [0.2, 0.25) is 11.8 Å². The average molecular weight is 480 g/mol. The molecule has 2 aromatic carbocycles. The van der Waals surface area contributed by atoms with Gasteiger partial charge in [0, 0.05) is 43.1 Å². The van der Waals surface area contributed by atoms with Crippen LogP contribution in [0.2, 0.25) is 0 Å². The third kappa shape index (κ3) is 6.68. The molecule has 0 fully saturated rings. The number of fused-ring (bicyclic) bond motifs is 3. The average Bonchev–Trinajstić information content (AvgIpc) is 3.17. The number of amides is 3. The minimum Gasteiger partial charge on any atom is -0.356 e. The van der Waals surface area contributed by atoms with Gasteiger partial charge in [-0.3, -0.25) is 14.4 Å². The first-order chi connectivity index (χ1) is 17.0. The normalized spacial score (nSPS) is 13.6. The third-order valence-corrected chi connectivity index (χ3v) is 6.28. The van der Waals surface area contributed by atoms with Gasteiger partial charge in [0.1, 0.15) is 0 Å². The lowest BCUT2D eigenvalue weighted by atomic mass is 9.93. The van der Waals surface area contributed by atoms with E-state index in [1.807, 2.05) is 30.3 Å². The molecule has 7 N–H and O–H groups in total. The lowest BCUT2D eigenvalue weighted by Crippen LogP contribution is -2.26. The monoisotopic (exact) mass is 479 g/mol. The van der Waals surface area contributed by atoms with Crippen LogP contribution in [0.5, 0.6) is 0 Å². The lowest BCUT2D eigenvalue weighted by molar-refractivity contribution is -0.121. The van der Waals surface area contributed by atoms with Crippen molar-refractivity contribution in [2.24, 2.45) is 11.5 Å². The van der Waals surface area contributed by atoms with Crippen molar-refractivity contribution in [3.8, 4) is 11.1 Å². The molecule has 188 valence electrons. The fourth-order valence-electron chi connectivity index (χ4n) is 4.56. The second-order valence-corrected chi connectivity index (χ2v) is 8.82. The lowest BCUT2D eigenvalue weighted by Gasteiger charge is -2.12. The van der Waals surface area contributed by atoms with Crippen molar-refractivity contribution in [1.82, 2.24) is 10.6 Å². The Balaban J connectivity index is 1.68. The van der Waals surface area contributed by atoms with Crippen molar-refractivity contribution >= 4 is 23.4 Å². The summed E-state index contributed by atoms with van der Waals surface area (Å²) in [5.74, 6) is -0.119. The Morgan fingerprint density at radius 2 is 1.57 bits per heavy atom. The van der Waals surface area contributed by atoms with Crippen LogP contribution in [0, 0.1) is 0 Å². The van der Waals surface area contributed by atoms with Crippen molar-refractivity contribution in [2.45, 2.75) is 51.4 Å². The number of nitrogens with two attached hydrogens (primary N) is 2. The molecule has 3 amide bonds. The van der Waals surface area contributed by atoms with Crippen LogP contribution in [-0.2, 0) is 9.59 Å². The molecule has 0 aliphatic heterocycles. The van der Waals surface area contributed by atoms with Crippen LogP contribution in [0.4, 0.5) is 5.69 Å². The van der Waals surface area contributed by atoms with E-state index in [1.54, 1.807) is 0 Å².